The second-order valence-corrected chi connectivity index (χ2v) is 7.43. The summed E-state index contributed by atoms with van der Waals surface area (Å²) in [7, 11) is 1.20. The van der Waals surface area contributed by atoms with E-state index in [0.29, 0.717) is 25.0 Å². The largest absolute Gasteiger partial charge is 0.477 e. The first-order valence-corrected chi connectivity index (χ1v) is 9.67. The van der Waals surface area contributed by atoms with Crippen LogP contribution in [0.5, 0.6) is 0 Å². The summed E-state index contributed by atoms with van der Waals surface area (Å²) in [4.78, 5) is 31.2. The first-order valence-electron chi connectivity index (χ1n) is 9.67. The molecule has 1 N–H and O–H groups in total. The van der Waals surface area contributed by atoms with Crippen LogP contribution >= 0.6 is 0 Å². The van der Waals surface area contributed by atoms with Crippen molar-refractivity contribution in [2.24, 2.45) is 7.05 Å². The van der Waals surface area contributed by atoms with Gasteiger partial charge in [0, 0.05) is 45.6 Å². The first kappa shape index (κ1) is 21.6. The highest BCUT2D eigenvalue weighted by atomic mass is 19.4. The van der Waals surface area contributed by atoms with Crippen LogP contribution < -0.4 is 15.2 Å². The molecule has 1 aromatic carbocycles. The number of hydrogen-bond donors (Lipinski definition) is 1. The Morgan fingerprint density at radius 1 is 1.12 bits per heavy atom. The van der Waals surface area contributed by atoms with Crippen molar-refractivity contribution in [2.45, 2.75) is 6.18 Å². The molecule has 1 aliphatic heterocycles. The van der Waals surface area contributed by atoms with E-state index in [1.165, 1.54) is 11.9 Å². The summed E-state index contributed by atoms with van der Waals surface area (Å²) >= 11 is 0. The van der Waals surface area contributed by atoms with Crippen molar-refractivity contribution in [2.75, 3.05) is 36.0 Å². The number of piperazine rings is 1. The Morgan fingerprint density at radius 3 is 2.34 bits per heavy atom. The monoisotopic (exact) mass is 450 g/mol. The number of fused-ring (bicyclic) bond motifs is 1. The van der Waals surface area contributed by atoms with Gasteiger partial charge < -0.3 is 19.5 Å². The lowest BCUT2D eigenvalue weighted by molar-refractivity contribution is -0.136. The van der Waals surface area contributed by atoms with E-state index >= 15 is 4.39 Å². The Kier molecular flexibility index (Phi) is 5.27. The molecule has 3 aromatic rings. The van der Waals surface area contributed by atoms with E-state index in [4.69, 9.17) is 0 Å². The minimum Gasteiger partial charge on any atom is -0.477 e. The number of carbonyl (C=O) groups is 1. The van der Waals surface area contributed by atoms with Crippen LogP contribution in [0.1, 0.15) is 15.9 Å². The molecule has 0 amide bonds. The zero-order chi connectivity index (χ0) is 23.2. The van der Waals surface area contributed by atoms with Gasteiger partial charge in [-0.1, -0.05) is 6.07 Å². The molecule has 0 bridgehead atoms. The second kappa shape index (κ2) is 7.81. The summed E-state index contributed by atoms with van der Waals surface area (Å²) < 4.78 is 58.6. The number of aryl methyl sites for hydroxylation is 1. The molecule has 3 heterocycles. The average Bonchev–Trinajstić information content (AvgIpc) is 2.75. The number of halogens is 4. The number of anilines is 2. The zero-order valence-electron chi connectivity index (χ0n) is 16.9. The molecular weight excluding hydrogens is 432 g/mol. The highest BCUT2D eigenvalue weighted by Gasteiger charge is 2.41. The molecule has 0 aliphatic carbocycles. The third-order valence-corrected chi connectivity index (χ3v) is 5.47. The molecule has 4 rings (SSSR count). The van der Waals surface area contributed by atoms with Crippen molar-refractivity contribution in [3.63, 3.8) is 0 Å². The van der Waals surface area contributed by atoms with Gasteiger partial charge in [0.1, 0.15) is 22.8 Å². The number of nitrogens with zero attached hydrogens (tertiary/aromatic N) is 4. The minimum absolute atomic E-state index is 0.100. The molecule has 1 aliphatic rings. The lowest BCUT2D eigenvalue weighted by Gasteiger charge is -2.38. The number of aromatic nitrogens is 2. The highest BCUT2D eigenvalue weighted by molar-refractivity contribution is 5.95. The summed E-state index contributed by atoms with van der Waals surface area (Å²) in [6, 6.07) is 6.02. The molecule has 32 heavy (non-hydrogen) atoms. The molecular formula is C21H18F4N4O3. The SMILES string of the molecule is Cn1cc(C(=O)O)c(=O)c2cc(F)c(N3CCN(c4ccccn4)CC3)c(C(F)(F)F)c21. The molecule has 168 valence electrons. The van der Waals surface area contributed by atoms with Crippen LogP contribution in [-0.2, 0) is 13.2 Å². The molecule has 1 saturated heterocycles. The minimum atomic E-state index is -4.98. The Bertz CT molecular complexity index is 1250. The molecule has 0 saturated carbocycles. The number of carboxylic acids is 1. The highest BCUT2D eigenvalue weighted by Crippen LogP contribution is 2.43. The Labute approximate surface area is 179 Å². The summed E-state index contributed by atoms with van der Waals surface area (Å²) in [5.74, 6) is -2.15. The standard InChI is InChI=1S/C21H18F4N4O3/c1-27-11-13(20(31)32)19(30)12-10-14(22)18(16(17(12)27)21(23,24)25)29-8-6-28(7-9-29)15-4-2-3-5-26-15/h2-5,10-11H,6-9H2,1H3,(H,31,32). The molecule has 2 aromatic heterocycles. The van der Waals surface area contributed by atoms with Crippen molar-refractivity contribution in [1.29, 1.82) is 0 Å². The number of pyridine rings is 2. The normalized spacial score (nSPS) is 14.8. The lowest BCUT2D eigenvalue weighted by atomic mass is 10.0. The van der Waals surface area contributed by atoms with Crippen LogP contribution in [-0.4, -0.2) is 46.8 Å². The Hall–Kier alpha value is -3.63. The van der Waals surface area contributed by atoms with Crippen molar-refractivity contribution >= 4 is 28.4 Å². The van der Waals surface area contributed by atoms with Gasteiger partial charge in [-0.25, -0.2) is 14.2 Å². The van der Waals surface area contributed by atoms with E-state index in [2.05, 4.69) is 4.98 Å². The fourth-order valence-corrected chi connectivity index (χ4v) is 4.06. The van der Waals surface area contributed by atoms with E-state index in [1.807, 2.05) is 4.90 Å². The lowest BCUT2D eigenvalue weighted by Crippen LogP contribution is -2.47. The smallest absolute Gasteiger partial charge is 0.420 e. The Balaban J connectivity index is 1.84. The molecule has 11 heteroatoms. The summed E-state index contributed by atoms with van der Waals surface area (Å²) in [5, 5.41) is 8.55. The molecule has 7 nitrogen and oxygen atoms in total. The van der Waals surface area contributed by atoms with E-state index in [-0.39, 0.29) is 13.1 Å². The molecule has 0 unspecified atom stereocenters. The first-order chi connectivity index (χ1) is 15.1. The van der Waals surface area contributed by atoms with E-state index in [9.17, 15) is 27.9 Å². The van der Waals surface area contributed by atoms with E-state index < -0.39 is 51.1 Å². The fraction of sp³-hybridized carbons (Fsp3) is 0.286. The van der Waals surface area contributed by atoms with Gasteiger partial charge in [0.25, 0.3) is 0 Å². The van der Waals surface area contributed by atoms with Gasteiger partial charge in [0.15, 0.2) is 0 Å². The van der Waals surface area contributed by atoms with Crippen molar-refractivity contribution in [1.82, 2.24) is 9.55 Å². The second-order valence-electron chi connectivity index (χ2n) is 7.43. The zero-order valence-corrected chi connectivity index (χ0v) is 16.9. The van der Waals surface area contributed by atoms with Gasteiger partial charge in [0.05, 0.1) is 16.6 Å². The quantitative estimate of drug-likeness (QED) is 0.618. The third-order valence-electron chi connectivity index (χ3n) is 5.47. The topological polar surface area (TPSA) is 78.7 Å². The van der Waals surface area contributed by atoms with E-state index in [1.54, 1.807) is 24.4 Å². The van der Waals surface area contributed by atoms with Gasteiger partial charge in [-0.3, -0.25) is 4.79 Å². The molecule has 1 fully saturated rings. The number of carboxylic acid groups (broad SMARTS) is 1. The molecule has 0 spiro atoms. The average molecular weight is 450 g/mol. The summed E-state index contributed by atoms with van der Waals surface area (Å²) in [6.45, 7) is 0.845. The number of hydrogen-bond acceptors (Lipinski definition) is 5. The molecule has 0 radical (unpaired) electrons. The number of rotatable bonds is 3. The maximum Gasteiger partial charge on any atom is 0.420 e. The maximum atomic E-state index is 15.1. The predicted molar refractivity (Wildman–Crippen MR) is 110 cm³/mol. The van der Waals surface area contributed by atoms with Crippen LogP contribution in [0.2, 0.25) is 0 Å². The van der Waals surface area contributed by atoms with Crippen LogP contribution in [0.3, 0.4) is 0 Å². The van der Waals surface area contributed by atoms with Gasteiger partial charge >= 0.3 is 12.1 Å². The fourth-order valence-electron chi connectivity index (χ4n) is 4.06. The summed E-state index contributed by atoms with van der Waals surface area (Å²) in [5.41, 5.74) is -4.40. The van der Waals surface area contributed by atoms with Gasteiger partial charge in [-0.15, -0.1) is 0 Å². The van der Waals surface area contributed by atoms with Crippen LogP contribution in [0.25, 0.3) is 10.9 Å². The number of aromatic carboxylic acids is 1. The van der Waals surface area contributed by atoms with Crippen molar-refractivity contribution < 1.29 is 27.5 Å². The van der Waals surface area contributed by atoms with Gasteiger partial charge in [-0.2, -0.15) is 13.2 Å². The predicted octanol–water partition coefficient (Wildman–Crippen LogP) is 3.12. The number of benzene rings is 1. The summed E-state index contributed by atoms with van der Waals surface area (Å²) in [6.07, 6.45) is -2.55. The molecule has 0 atom stereocenters. The maximum absolute atomic E-state index is 15.1. The van der Waals surface area contributed by atoms with Crippen LogP contribution in [0, 0.1) is 5.82 Å². The van der Waals surface area contributed by atoms with Gasteiger partial charge in [0.2, 0.25) is 5.43 Å². The van der Waals surface area contributed by atoms with Crippen molar-refractivity contribution in [3.8, 4) is 0 Å². The van der Waals surface area contributed by atoms with Crippen molar-refractivity contribution in [3.05, 3.63) is 63.8 Å². The van der Waals surface area contributed by atoms with Crippen LogP contribution in [0.4, 0.5) is 29.1 Å². The van der Waals surface area contributed by atoms with E-state index in [0.717, 1.165) is 10.8 Å². The van der Waals surface area contributed by atoms with Gasteiger partial charge in [-0.05, 0) is 18.2 Å². The number of alkyl halides is 3. The Morgan fingerprint density at radius 2 is 1.78 bits per heavy atom. The third kappa shape index (κ3) is 3.63. The van der Waals surface area contributed by atoms with Crippen LogP contribution in [0.15, 0.2) is 41.5 Å².